The fourth-order valence-electron chi connectivity index (χ4n) is 4.93. The second-order valence-corrected chi connectivity index (χ2v) is 9.32. The van der Waals surface area contributed by atoms with Crippen LogP contribution in [-0.2, 0) is 14.3 Å². The highest BCUT2D eigenvalue weighted by Crippen LogP contribution is 2.44. The molecule has 1 atom stereocenters. The Morgan fingerprint density at radius 3 is 2.23 bits per heavy atom. The maximum Gasteiger partial charge on any atom is 0.407 e. The van der Waals surface area contributed by atoms with Gasteiger partial charge < -0.3 is 25.2 Å². The standard InChI is InChI=1S/C27H32N2O6/c30-24(29-16-14-27(34,18-29)25(31)32)13-3-1-2-8-15-28-26(33)35-17-23-21-11-6-4-9-19(21)20-10-5-7-12-22(20)23/h4-7,9-12,23,34H,1-3,8,13-18H2,(H,28,33)(H,31,32). The largest absolute Gasteiger partial charge is 0.479 e. The highest BCUT2D eigenvalue weighted by Gasteiger charge is 2.44. The molecule has 35 heavy (non-hydrogen) atoms. The number of nitrogens with one attached hydrogen (secondary N) is 1. The predicted octanol–water partition coefficient (Wildman–Crippen LogP) is 3.52. The number of fused-ring (bicyclic) bond motifs is 3. The number of aliphatic hydroxyl groups is 1. The fraction of sp³-hybridized carbons (Fsp3) is 0.444. The van der Waals surface area contributed by atoms with Crippen molar-refractivity contribution in [3.05, 3.63) is 59.7 Å². The number of benzene rings is 2. The summed E-state index contributed by atoms with van der Waals surface area (Å²) < 4.78 is 5.53. The minimum absolute atomic E-state index is 0.0350. The molecule has 1 aliphatic heterocycles. The number of alkyl carbamates (subject to hydrolysis) is 1. The number of carbonyl (C=O) groups is 3. The summed E-state index contributed by atoms with van der Waals surface area (Å²) in [6.45, 7) is 0.911. The third kappa shape index (κ3) is 5.65. The summed E-state index contributed by atoms with van der Waals surface area (Å²) in [5.74, 6) is -1.37. The van der Waals surface area contributed by atoms with Crippen molar-refractivity contribution >= 4 is 18.0 Å². The normalized spacial score (nSPS) is 18.7. The number of carboxylic acids is 1. The SMILES string of the molecule is O=C(NCCCCCCC(=O)N1CCC(O)(C(=O)O)C1)OCC1c2ccccc2-c2ccccc21. The number of hydrogen-bond acceptors (Lipinski definition) is 5. The summed E-state index contributed by atoms with van der Waals surface area (Å²) in [7, 11) is 0. The molecule has 2 aliphatic rings. The van der Waals surface area contributed by atoms with Crippen LogP contribution in [0.3, 0.4) is 0 Å². The first-order chi connectivity index (χ1) is 16.9. The first-order valence-corrected chi connectivity index (χ1v) is 12.2. The van der Waals surface area contributed by atoms with E-state index in [9.17, 15) is 19.5 Å². The van der Waals surface area contributed by atoms with Crippen LogP contribution in [0.15, 0.2) is 48.5 Å². The van der Waals surface area contributed by atoms with Gasteiger partial charge in [0, 0.05) is 31.8 Å². The van der Waals surface area contributed by atoms with Crippen LogP contribution in [0, 0.1) is 0 Å². The van der Waals surface area contributed by atoms with E-state index in [0.717, 1.165) is 19.3 Å². The summed E-state index contributed by atoms with van der Waals surface area (Å²) >= 11 is 0. The number of ether oxygens (including phenoxy) is 1. The smallest absolute Gasteiger partial charge is 0.407 e. The van der Waals surface area contributed by atoms with Gasteiger partial charge in [-0.2, -0.15) is 0 Å². The molecule has 186 valence electrons. The summed E-state index contributed by atoms with van der Waals surface area (Å²) in [5.41, 5.74) is 2.92. The molecule has 1 saturated heterocycles. The minimum Gasteiger partial charge on any atom is -0.479 e. The molecule has 8 heteroatoms. The molecule has 2 aromatic carbocycles. The Morgan fingerprint density at radius 2 is 1.60 bits per heavy atom. The van der Waals surface area contributed by atoms with Gasteiger partial charge in [-0.3, -0.25) is 4.79 Å². The Kier molecular flexibility index (Phi) is 7.70. The molecule has 1 unspecified atom stereocenters. The van der Waals surface area contributed by atoms with Crippen LogP contribution < -0.4 is 5.32 Å². The van der Waals surface area contributed by atoms with E-state index in [0.29, 0.717) is 19.4 Å². The predicted molar refractivity (Wildman–Crippen MR) is 130 cm³/mol. The Hall–Kier alpha value is -3.39. The number of hydrogen-bond donors (Lipinski definition) is 3. The second-order valence-electron chi connectivity index (χ2n) is 9.32. The molecule has 0 radical (unpaired) electrons. The first kappa shape index (κ1) is 24.7. The zero-order valence-corrected chi connectivity index (χ0v) is 19.7. The highest BCUT2D eigenvalue weighted by molar-refractivity contribution is 5.82. The van der Waals surface area contributed by atoms with Crippen LogP contribution in [0.5, 0.6) is 0 Å². The number of amides is 2. The zero-order chi connectivity index (χ0) is 24.8. The highest BCUT2D eigenvalue weighted by atomic mass is 16.5. The van der Waals surface area contributed by atoms with E-state index < -0.39 is 17.7 Å². The van der Waals surface area contributed by atoms with Crippen molar-refractivity contribution in [2.24, 2.45) is 0 Å². The molecular weight excluding hydrogens is 448 g/mol. The van der Waals surface area contributed by atoms with Crippen molar-refractivity contribution in [3.8, 4) is 11.1 Å². The van der Waals surface area contributed by atoms with Crippen LogP contribution in [0.4, 0.5) is 4.79 Å². The van der Waals surface area contributed by atoms with Gasteiger partial charge >= 0.3 is 12.1 Å². The molecular formula is C27H32N2O6. The lowest BCUT2D eigenvalue weighted by Gasteiger charge is -2.19. The topological polar surface area (TPSA) is 116 Å². The number of aliphatic carboxylic acids is 1. The van der Waals surface area contributed by atoms with Gasteiger partial charge in [-0.25, -0.2) is 9.59 Å². The summed E-state index contributed by atoms with van der Waals surface area (Å²) in [5, 5.41) is 21.8. The third-order valence-electron chi connectivity index (χ3n) is 6.93. The van der Waals surface area contributed by atoms with Gasteiger partial charge in [0.2, 0.25) is 5.91 Å². The van der Waals surface area contributed by atoms with E-state index in [1.807, 2.05) is 24.3 Å². The molecule has 8 nitrogen and oxygen atoms in total. The molecule has 2 aromatic rings. The monoisotopic (exact) mass is 480 g/mol. The zero-order valence-electron chi connectivity index (χ0n) is 19.7. The van der Waals surface area contributed by atoms with Crippen LogP contribution in [0.25, 0.3) is 11.1 Å². The van der Waals surface area contributed by atoms with Crippen molar-refractivity contribution in [1.29, 1.82) is 0 Å². The van der Waals surface area contributed by atoms with Gasteiger partial charge in [0.1, 0.15) is 6.61 Å². The molecule has 1 heterocycles. The number of nitrogens with zero attached hydrogens (tertiary/aromatic N) is 1. The van der Waals surface area contributed by atoms with Crippen molar-refractivity contribution in [2.75, 3.05) is 26.2 Å². The van der Waals surface area contributed by atoms with Gasteiger partial charge in [-0.05, 0) is 35.1 Å². The number of rotatable bonds is 10. The first-order valence-electron chi connectivity index (χ1n) is 12.2. The van der Waals surface area contributed by atoms with E-state index in [2.05, 4.69) is 29.6 Å². The van der Waals surface area contributed by atoms with E-state index >= 15 is 0 Å². The molecule has 1 aliphatic carbocycles. The quantitative estimate of drug-likeness (QED) is 0.448. The molecule has 2 amide bonds. The summed E-state index contributed by atoms with van der Waals surface area (Å²) in [4.78, 5) is 36.9. The van der Waals surface area contributed by atoms with Gasteiger partial charge in [0.25, 0.3) is 0 Å². The Labute approximate surface area is 204 Å². The Bertz CT molecular complexity index is 1040. The minimum atomic E-state index is -1.82. The van der Waals surface area contributed by atoms with E-state index in [1.165, 1.54) is 27.2 Å². The molecule has 0 saturated carbocycles. The van der Waals surface area contributed by atoms with Crippen molar-refractivity contribution in [2.45, 2.75) is 50.0 Å². The van der Waals surface area contributed by atoms with Gasteiger partial charge in [-0.1, -0.05) is 61.4 Å². The Balaban J connectivity index is 1.10. The van der Waals surface area contributed by atoms with Crippen LogP contribution in [-0.4, -0.2) is 64.9 Å². The van der Waals surface area contributed by atoms with Crippen molar-refractivity contribution in [1.82, 2.24) is 10.2 Å². The molecule has 0 bridgehead atoms. The summed E-state index contributed by atoms with van der Waals surface area (Å²) in [6.07, 6.45) is 3.12. The fourth-order valence-corrected chi connectivity index (χ4v) is 4.93. The molecule has 0 aromatic heterocycles. The van der Waals surface area contributed by atoms with Crippen molar-refractivity contribution < 1.29 is 29.3 Å². The molecule has 0 spiro atoms. The lowest BCUT2D eigenvalue weighted by Crippen LogP contribution is -2.42. The lowest BCUT2D eigenvalue weighted by atomic mass is 9.98. The number of β-amino-alcohol motifs (C(OH)–C–C–N with tert-alkyl or cyclic N) is 1. The van der Waals surface area contributed by atoms with Crippen LogP contribution in [0.2, 0.25) is 0 Å². The maximum absolute atomic E-state index is 12.2. The summed E-state index contributed by atoms with van der Waals surface area (Å²) in [6, 6.07) is 16.4. The average Bonchev–Trinajstić information content (AvgIpc) is 3.41. The number of carbonyl (C=O) groups excluding carboxylic acids is 2. The van der Waals surface area contributed by atoms with Crippen LogP contribution >= 0.6 is 0 Å². The lowest BCUT2D eigenvalue weighted by molar-refractivity contribution is -0.157. The molecule has 1 fully saturated rings. The van der Waals surface area contributed by atoms with Gasteiger partial charge in [0.15, 0.2) is 5.60 Å². The Morgan fingerprint density at radius 1 is 0.971 bits per heavy atom. The number of unbranched alkanes of at least 4 members (excludes halogenated alkanes) is 3. The average molecular weight is 481 g/mol. The van der Waals surface area contributed by atoms with E-state index in [1.54, 1.807) is 0 Å². The number of carboxylic acid groups (broad SMARTS) is 1. The van der Waals surface area contributed by atoms with E-state index in [-0.39, 0.29) is 37.9 Å². The molecule has 4 rings (SSSR count). The van der Waals surface area contributed by atoms with Gasteiger partial charge in [0.05, 0.1) is 6.54 Å². The van der Waals surface area contributed by atoms with Gasteiger partial charge in [-0.15, -0.1) is 0 Å². The number of likely N-dealkylation sites (tertiary alicyclic amines) is 1. The van der Waals surface area contributed by atoms with E-state index in [4.69, 9.17) is 9.84 Å². The molecule has 3 N–H and O–H groups in total. The van der Waals surface area contributed by atoms with Crippen molar-refractivity contribution in [3.63, 3.8) is 0 Å². The maximum atomic E-state index is 12.2. The third-order valence-corrected chi connectivity index (χ3v) is 6.93. The second kappa shape index (κ2) is 10.9. The van der Waals surface area contributed by atoms with Crippen LogP contribution in [0.1, 0.15) is 55.6 Å².